The van der Waals surface area contributed by atoms with Crippen LogP contribution in [0.4, 0.5) is 0 Å². The van der Waals surface area contributed by atoms with Crippen LogP contribution in [0.15, 0.2) is 6.07 Å². The van der Waals surface area contributed by atoms with Gasteiger partial charge in [0.15, 0.2) is 11.5 Å². The lowest BCUT2D eigenvalue weighted by molar-refractivity contribution is 0.347. The summed E-state index contributed by atoms with van der Waals surface area (Å²) in [4.78, 5) is 0. The SMILES string of the molecule is COc1cc(C)c2c(c1OC)C(N)CC(C)CC2. The number of hydrogen-bond acceptors (Lipinski definition) is 3. The van der Waals surface area contributed by atoms with E-state index in [4.69, 9.17) is 15.2 Å². The van der Waals surface area contributed by atoms with Gasteiger partial charge in [-0.25, -0.2) is 0 Å². The fourth-order valence-corrected chi connectivity index (χ4v) is 2.98. The molecule has 100 valence electrons. The van der Waals surface area contributed by atoms with Crippen LogP contribution in [-0.2, 0) is 6.42 Å². The molecule has 0 spiro atoms. The van der Waals surface area contributed by atoms with Gasteiger partial charge in [0.2, 0.25) is 0 Å². The molecule has 1 aromatic rings. The van der Waals surface area contributed by atoms with E-state index < -0.39 is 0 Å². The predicted octanol–water partition coefficient (Wildman–Crippen LogP) is 2.98. The topological polar surface area (TPSA) is 44.5 Å². The minimum absolute atomic E-state index is 0.0428. The van der Waals surface area contributed by atoms with Crippen molar-refractivity contribution >= 4 is 0 Å². The third kappa shape index (κ3) is 2.19. The van der Waals surface area contributed by atoms with Crippen molar-refractivity contribution in [1.82, 2.24) is 0 Å². The summed E-state index contributed by atoms with van der Waals surface area (Å²) in [6.45, 7) is 4.40. The lowest BCUT2D eigenvalue weighted by atomic mass is 9.93. The minimum atomic E-state index is 0.0428. The number of aryl methyl sites for hydroxylation is 1. The van der Waals surface area contributed by atoms with Gasteiger partial charge in [-0.2, -0.15) is 0 Å². The predicted molar refractivity (Wildman–Crippen MR) is 73.3 cm³/mol. The van der Waals surface area contributed by atoms with Gasteiger partial charge < -0.3 is 15.2 Å². The number of nitrogens with two attached hydrogens (primary N) is 1. The molecule has 0 radical (unpaired) electrons. The Morgan fingerprint density at radius 2 is 2.00 bits per heavy atom. The molecule has 1 aliphatic carbocycles. The average molecular weight is 249 g/mol. The summed E-state index contributed by atoms with van der Waals surface area (Å²) in [6, 6.07) is 2.10. The molecule has 0 aromatic heterocycles. The van der Waals surface area contributed by atoms with E-state index in [-0.39, 0.29) is 6.04 Å². The molecule has 0 heterocycles. The van der Waals surface area contributed by atoms with Gasteiger partial charge in [0.05, 0.1) is 14.2 Å². The van der Waals surface area contributed by atoms with Gasteiger partial charge in [-0.05, 0) is 49.3 Å². The van der Waals surface area contributed by atoms with Crippen LogP contribution in [-0.4, -0.2) is 14.2 Å². The van der Waals surface area contributed by atoms with Gasteiger partial charge >= 0.3 is 0 Å². The van der Waals surface area contributed by atoms with Crippen LogP contribution in [0.5, 0.6) is 11.5 Å². The smallest absolute Gasteiger partial charge is 0.165 e. The second kappa shape index (κ2) is 5.19. The van der Waals surface area contributed by atoms with Crippen molar-refractivity contribution in [3.8, 4) is 11.5 Å². The molecule has 3 nitrogen and oxygen atoms in total. The van der Waals surface area contributed by atoms with Crippen LogP contribution in [0.25, 0.3) is 0 Å². The Balaban J connectivity index is 2.62. The monoisotopic (exact) mass is 249 g/mol. The number of benzene rings is 1. The van der Waals surface area contributed by atoms with Crippen LogP contribution in [0, 0.1) is 12.8 Å². The highest BCUT2D eigenvalue weighted by Gasteiger charge is 2.26. The van der Waals surface area contributed by atoms with Gasteiger partial charge in [-0.1, -0.05) is 6.92 Å². The zero-order valence-corrected chi connectivity index (χ0v) is 11.7. The first-order chi connectivity index (χ1) is 8.58. The van der Waals surface area contributed by atoms with Crippen molar-refractivity contribution in [1.29, 1.82) is 0 Å². The number of rotatable bonds is 2. The maximum absolute atomic E-state index is 6.37. The Kier molecular flexibility index (Phi) is 3.81. The third-order valence-corrected chi connectivity index (χ3v) is 3.96. The van der Waals surface area contributed by atoms with E-state index in [1.165, 1.54) is 17.5 Å². The van der Waals surface area contributed by atoms with E-state index in [2.05, 4.69) is 19.9 Å². The van der Waals surface area contributed by atoms with E-state index in [1.54, 1.807) is 14.2 Å². The van der Waals surface area contributed by atoms with Gasteiger partial charge in [-0.3, -0.25) is 0 Å². The second-order valence-corrected chi connectivity index (χ2v) is 5.31. The molecule has 18 heavy (non-hydrogen) atoms. The van der Waals surface area contributed by atoms with E-state index >= 15 is 0 Å². The van der Waals surface area contributed by atoms with Gasteiger partial charge in [0, 0.05) is 11.6 Å². The molecule has 1 aromatic carbocycles. The lowest BCUT2D eigenvalue weighted by Crippen LogP contribution is -2.15. The highest BCUT2D eigenvalue weighted by molar-refractivity contribution is 5.56. The maximum atomic E-state index is 6.37. The Morgan fingerprint density at radius 3 is 2.61 bits per heavy atom. The molecule has 3 heteroatoms. The highest BCUT2D eigenvalue weighted by atomic mass is 16.5. The van der Waals surface area contributed by atoms with Crippen molar-refractivity contribution in [2.24, 2.45) is 11.7 Å². The Morgan fingerprint density at radius 1 is 1.28 bits per heavy atom. The fourth-order valence-electron chi connectivity index (χ4n) is 2.98. The van der Waals surface area contributed by atoms with Crippen molar-refractivity contribution in [3.05, 3.63) is 22.8 Å². The fraction of sp³-hybridized carbons (Fsp3) is 0.600. The molecular weight excluding hydrogens is 226 g/mol. The van der Waals surface area contributed by atoms with Crippen LogP contribution >= 0.6 is 0 Å². The van der Waals surface area contributed by atoms with E-state index in [0.717, 1.165) is 29.9 Å². The summed E-state index contributed by atoms with van der Waals surface area (Å²) in [5.74, 6) is 2.26. The molecule has 2 rings (SSSR count). The first-order valence-corrected chi connectivity index (χ1v) is 6.58. The van der Waals surface area contributed by atoms with Crippen molar-refractivity contribution in [2.75, 3.05) is 14.2 Å². The Labute approximate surface area is 109 Å². The van der Waals surface area contributed by atoms with Crippen molar-refractivity contribution < 1.29 is 9.47 Å². The summed E-state index contributed by atoms with van der Waals surface area (Å²) in [5, 5.41) is 0. The molecule has 2 N–H and O–H groups in total. The van der Waals surface area contributed by atoms with Crippen molar-refractivity contribution in [2.45, 2.75) is 39.2 Å². The normalized spacial score (nSPS) is 23.2. The molecule has 0 aliphatic heterocycles. The summed E-state index contributed by atoms with van der Waals surface area (Å²) in [5.41, 5.74) is 10.1. The van der Waals surface area contributed by atoms with E-state index in [9.17, 15) is 0 Å². The molecule has 2 unspecified atom stereocenters. The summed E-state index contributed by atoms with van der Waals surface area (Å²) >= 11 is 0. The number of ether oxygens (including phenoxy) is 2. The first kappa shape index (κ1) is 13.2. The Hall–Kier alpha value is -1.22. The molecule has 0 bridgehead atoms. The quantitative estimate of drug-likeness (QED) is 0.819. The zero-order chi connectivity index (χ0) is 13.3. The highest BCUT2D eigenvalue weighted by Crippen LogP contribution is 2.43. The van der Waals surface area contributed by atoms with Gasteiger partial charge in [-0.15, -0.1) is 0 Å². The van der Waals surface area contributed by atoms with Gasteiger partial charge in [0.25, 0.3) is 0 Å². The minimum Gasteiger partial charge on any atom is -0.493 e. The Bertz CT molecular complexity index is 443. The van der Waals surface area contributed by atoms with Gasteiger partial charge in [0.1, 0.15) is 0 Å². The molecular formula is C15H23NO2. The van der Waals surface area contributed by atoms with Crippen LogP contribution < -0.4 is 15.2 Å². The lowest BCUT2D eigenvalue weighted by Gasteiger charge is -2.21. The van der Waals surface area contributed by atoms with Crippen LogP contribution in [0.1, 0.15) is 42.5 Å². The van der Waals surface area contributed by atoms with E-state index in [0.29, 0.717) is 5.92 Å². The van der Waals surface area contributed by atoms with Crippen LogP contribution in [0.2, 0.25) is 0 Å². The average Bonchev–Trinajstić information content (AvgIpc) is 2.49. The van der Waals surface area contributed by atoms with E-state index in [1.807, 2.05) is 0 Å². The third-order valence-electron chi connectivity index (χ3n) is 3.96. The molecule has 0 saturated heterocycles. The molecule has 0 fully saturated rings. The van der Waals surface area contributed by atoms with Crippen molar-refractivity contribution in [3.63, 3.8) is 0 Å². The standard InChI is InChI=1S/C15H23NO2/c1-9-5-6-11-10(2)8-13(17-3)15(18-4)14(11)12(16)7-9/h8-9,12H,5-7,16H2,1-4H3. The summed E-state index contributed by atoms with van der Waals surface area (Å²) < 4.78 is 11.0. The molecule has 2 atom stereocenters. The number of hydrogen-bond donors (Lipinski definition) is 1. The maximum Gasteiger partial charge on any atom is 0.165 e. The van der Waals surface area contributed by atoms with Crippen LogP contribution in [0.3, 0.4) is 0 Å². The summed E-state index contributed by atoms with van der Waals surface area (Å²) in [7, 11) is 3.36. The summed E-state index contributed by atoms with van der Waals surface area (Å²) in [6.07, 6.45) is 3.28. The molecule has 0 amide bonds. The number of methoxy groups -OCH3 is 2. The second-order valence-electron chi connectivity index (χ2n) is 5.31. The largest absolute Gasteiger partial charge is 0.493 e. The zero-order valence-electron chi connectivity index (χ0n) is 11.7. The molecule has 0 saturated carbocycles. The molecule has 1 aliphatic rings. The number of fused-ring (bicyclic) bond motifs is 1. The first-order valence-electron chi connectivity index (χ1n) is 6.58.